The average molecular weight is 231 g/mol. The highest BCUT2D eigenvalue weighted by Gasteiger charge is 2.03. The van der Waals surface area contributed by atoms with Crippen LogP contribution in [0.1, 0.15) is 24.9 Å². The Morgan fingerprint density at radius 1 is 1.29 bits per heavy atom. The van der Waals surface area contributed by atoms with Crippen LogP contribution in [0.25, 0.3) is 0 Å². The number of aryl methyl sites for hydroxylation is 1. The molecule has 0 atom stereocenters. The number of anilines is 1. The molecule has 0 spiro atoms. The Bertz CT molecular complexity index is 477. The summed E-state index contributed by atoms with van der Waals surface area (Å²) in [6, 6.07) is 1.92. The molecule has 90 valence electrons. The van der Waals surface area contributed by atoms with Crippen LogP contribution in [0.4, 0.5) is 5.95 Å². The van der Waals surface area contributed by atoms with E-state index < -0.39 is 0 Å². The monoisotopic (exact) mass is 231 g/mol. The van der Waals surface area contributed by atoms with Crippen molar-refractivity contribution in [3.8, 4) is 0 Å². The highest BCUT2D eigenvalue weighted by Crippen LogP contribution is 2.06. The number of hydrogen-bond acceptors (Lipinski definition) is 4. The van der Waals surface area contributed by atoms with Crippen LogP contribution in [0.3, 0.4) is 0 Å². The van der Waals surface area contributed by atoms with Gasteiger partial charge in [0.05, 0.1) is 5.69 Å². The molecule has 2 heterocycles. The third-order valence-corrected chi connectivity index (χ3v) is 2.51. The van der Waals surface area contributed by atoms with E-state index in [0.29, 0.717) is 5.95 Å². The van der Waals surface area contributed by atoms with Crippen molar-refractivity contribution in [1.29, 1.82) is 0 Å². The predicted molar refractivity (Wildman–Crippen MR) is 66.8 cm³/mol. The van der Waals surface area contributed by atoms with Gasteiger partial charge in [0, 0.05) is 38.6 Å². The van der Waals surface area contributed by atoms with Gasteiger partial charge in [-0.3, -0.25) is 0 Å². The van der Waals surface area contributed by atoms with Gasteiger partial charge in [0.2, 0.25) is 5.95 Å². The summed E-state index contributed by atoms with van der Waals surface area (Å²) in [5.74, 6) is 1.70. The zero-order valence-corrected chi connectivity index (χ0v) is 10.2. The van der Waals surface area contributed by atoms with Crippen molar-refractivity contribution in [3.63, 3.8) is 0 Å². The third kappa shape index (κ3) is 3.03. The second-order valence-electron chi connectivity index (χ2n) is 3.93. The maximum Gasteiger partial charge on any atom is 0.222 e. The highest BCUT2D eigenvalue weighted by molar-refractivity contribution is 5.25. The molecule has 0 radical (unpaired) electrons. The van der Waals surface area contributed by atoms with E-state index in [1.165, 1.54) is 0 Å². The number of nitrogens with one attached hydrogen (secondary N) is 1. The number of aromatic nitrogens is 4. The Hall–Kier alpha value is -1.91. The van der Waals surface area contributed by atoms with E-state index in [9.17, 15) is 0 Å². The largest absolute Gasteiger partial charge is 0.354 e. The minimum Gasteiger partial charge on any atom is -0.354 e. The second kappa shape index (κ2) is 5.43. The SMILES string of the molecule is CCCNc1nccc(Cc2nccn2C)n1. The maximum atomic E-state index is 4.45. The summed E-state index contributed by atoms with van der Waals surface area (Å²) in [7, 11) is 1.99. The van der Waals surface area contributed by atoms with Gasteiger partial charge in [-0.05, 0) is 12.5 Å². The topological polar surface area (TPSA) is 55.6 Å². The molecule has 0 saturated carbocycles. The summed E-state index contributed by atoms with van der Waals surface area (Å²) < 4.78 is 2.00. The Morgan fingerprint density at radius 2 is 2.18 bits per heavy atom. The third-order valence-electron chi connectivity index (χ3n) is 2.51. The van der Waals surface area contributed by atoms with Crippen LogP contribution in [0.2, 0.25) is 0 Å². The van der Waals surface area contributed by atoms with Crippen molar-refractivity contribution in [3.05, 3.63) is 36.2 Å². The van der Waals surface area contributed by atoms with Crippen molar-refractivity contribution >= 4 is 5.95 Å². The number of rotatable bonds is 5. The Balaban J connectivity index is 2.08. The lowest BCUT2D eigenvalue weighted by molar-refractivity contribution is 0.808. The number of imidazole rings is 1. The van der Waals surface area contributed by atoms with Crippen molar-refractivity contribution < 1.29 is 0 Å². The first kappa shape index (κ1) is 11.6. The fourth-order valence-corrected chi connectivity index (χ4v) is 1.55. The lowest BCUT2D eigenvalue weighted by Gasteiger charge is -2.05. The van der Waals surface area contributed by atoms with Gasteiger partial charge >= 0.3 is 0 Å². The van der Waals surface area contributed by atoms with Crippen LogP contribution in [0, 0.1) is 0 Å². The molecule has 2 aromatic heterocycles. The zero-order valence-electron chi connectivity index (χ0n) is 10.2. The van der Waals surface area contributed by atoms with E-state index in [-0.39, 0.29) is 0 Å². The molecule has 0 amide bonds. The summed E-state index contributed by atoms with van der Waals surface area (Å²) in [6.07, 6.45) is 7.31. The van der Waals surface area contributed by atoms with Crippen LogP contribution >= 0.6 is 0 Å². The summed E-state index contributed by atoms with van der Waals surface area (Å²) >= 11 is 0. The highest BCUT2D eigenvalue weighted by atomic mass is 15.1. The molecule has 1 N–H and O–H groups in total. The van der Waals surface area contributed by atoms with Crippen molar-refractivity contribution in [2.45, 2.75) is 19.8 Å². The first-order valence-electron chi connectivity index (χ1n) is 5.81. The fourth-order valence-electron chi connectivity index (χ4n) is 1.55. The number of hydrogen-bond donors (Lipinski definition) is 1. The molecule has 5 nitrogen and oxygen atoms in total. The van der Waals surface area contributed by atoms with Crippen LogP contribution in [0.5, 0.6) is 0 Å². The fraction of sp³-hybridized carbons (Fsp3) is 0.417. The van der Waals surface area contributed by atoms with Crippen LogP contribution in [-0.2, 0) is 13.5 Å². The Labute approximate surface area is 101 Å². The van der Waals surface area contributed by atoms with Gasteiger partial charge in [-0.15, -0.1) is 0 Å². The molecule has 0 aromatic carbocycles. The molecule has 0 aliphatic rings. The second-order valence-corrected chi connectivity index (χ2v) is 3.93. The standard InChI is InChI=1S/C12H17N5/c1-3-5-14-12-15-6-4-10(16-12)9-11-13-7-8-17(11)2/h4,6-8H,3,5,9H2,1-2H3,(H,14,15,16). The maximum absolute atomic E-state index is 4.45. The van der Waals surface area contributed by atoms with Gasteiger partial charge in [-0.2, -0.15) is 0 Å². The van der Waals surface area contributed by atoms with E-state index in [2.05, 4.69) is 27.2 Å². The van der Waals surface area contributed by atoms with Crippen LogP contribution in [0.15, 0.2) is 24.7 Å². The minimum atomic E-state index is 0.693. The molecule has 0 bridgehead atoms. The molecule has 17 heavy (non-hydrogen) atoms. The van der Waals surface area contributed by atoms with E-state index in [1.807, 2.05) is 23.9 Å². The quantitative estimate of drug-likeness (QED) is 0.849. The van der Waals surface area contributed by atoms with Crippen LogP contribution in [-0.4, -0.2) is 26.1 Å². The van der Waals surface area contributed by atoms with Crippen molar-refractivity contribution in [2.24, 2.45) is 7.05 Å². The minimum absolute atomic E-state index is 0.693. The molecule has 2 rings (SSSR count). The molecule has 0 fully saturated rings. The smallest absolute Gasteiger partial charge is 0.222 e. The average Bonchev–Trinajstić information content (AvgIpc) is 2.73. The van der Waals surface area contributed by atoms with Gasteiger partial charge in [-0.1, -0.05) is 6.92 Å². The molecule has 0 aliphatic carbocycles. The van der Waals surface area contributed by atoms with E-state index in [1.54, 1.807) is 12.4 Å². The summed E-state index contributed by atoms with van der Waals surface area (Å²) in [5.41, 5.74) is 0.980. The summed E-state index contributed by atoms with van der Waals surface area (Å²) in [6.45, 7) is 3.01. The van der Waals surface area contributed by atoms with Crippen molar-refractivity contribution in [1.82, 2.24) is 19.5 Å². The molecule has 5 heteroatoms. The Kier molecular flexibility index (Phi) is 3.69. The van der Waals surface area contributed by atoms with Crippen molar-refractivity contribution in [2.75, 3.05) is 11.9 Å². The van der Waals surface area contributed by atoms with Gasteiger partial charge in [0.25, 0.3) is 0 Å². The van der Waals surface area contributed by atoms with E-state index >= 15 is 0 Å². The first-order valence-corrected chi connectivity index (χ1v) is 5.81. The predicted octanol–water partition coefficient (Wildman–Crippen LogP) is 1.62. The van der Waals surface area contributed by atoms with E-state index in [0.717, 1.165) is 30.9 Å². The van der Waals surface area contributed by atoms with Crippen LogP contribution < -0.4 is 5.32 Å². The molecule has 0 saturated heterocycles. The first-order chi connectivity index (χ1) is 8.29. The Morgan fingerprint density at radius 3 is 2.88 bits per heavy atom. The van der Waals surface area contributed by atoms with Gasteiger partial charge < -0.3 is 9.88 Å². The molecular formula is C12H17N5. The molecular weight excluding hydrogens is 214 g/mol. The molecule has 2 aromatic rings. The zero-order chi connectivity index (χ0) is 12.1. The number of nitrogens with zero attached hydrogens (tertiary/aromatic N) is 4. The van der Waals surface area contributed by atoms with Gasteiger partial charge in [0.1, 0.15) is 5.82 Å². The summed E-state index contributed by atoms with van der Waals surface area (Å²) in [4.78, 5) is 12.9. The van der Waals surface area contributed by atoms with Gasteiger partial charge in [-0.25, -0.2) is 15.0 Å². The van der Waals surface area contributed by atoms with E-state index in [4.69, 9.17) is 0 Å². The lowest BCUT2D eigenvalue weighted by atomic mass is 10.3. The normalized spacial score (nSPS) is 10.5. The van der Waals surface area contributed by atoms with Gasteiger partial charge in [0.15, 0.2) is 0 Å². The molecule has 0 aliphatic heterocycles. The lowest BCUT2D eigenvalue weighted by Crippen LogP contribution is -2.07. The summed E-state index contributed by atoms with van der Waals surface area (Å²) in [5, 5.41) is 3.18. The molecule has 0 unspecified atom stereocenters.